The van der Waals surface area contributed by atoms with E-state index < -0.39 is 7.37 Å². The summed E-state index contributed by atoms with van der Waals surface area (Å²) >= 11 is 0. The third-order valence-corrected chi connectivity index (χ3v) is 7.56. The molecule has 0 spiro atoms. The predicted octanol–water partition coefficient (Wildman–Crippen LogP) is 5.39. The van der Waals surface area contributed by atoms with E-state index in [0.29, 0.717) is 35.9 Å². The summed E-state index contributed by atoms with van der Waals surface area (Å²) in [6.45, 7) is 8.54. The van der Waals surface area contributed by atoms with Crippen molar-refractivity contribution in [3.05, 3.63) is 30.3 Å². The molecule has 0 aliphatic heterocycles. The summed E-state index contributed by atoms with van der Waals surface area (Å²) in [6.07, 6.45) is 4.05. The molecular formula is C20H31O3P. The summed E-state index contributed by atoms with van der Waals surface area (Å²) in [6, 6.07) is 9.07. The number of benzene rings is 1. The van der Waals surface area contributed by atoms with Crippen molar-refractivity contribution in [3.63, 3.8) is 0 Å². The van der Waals surface area contributed by atoms with Crippen LogP contribution in [0.5, 0.6) is 0 Å². The molecule has 134 valence electrons. The second-order valence-corrected chi connectivity index (χ2v) is 9.83. The van der Waals surface area contributed by atoms with Gasteiger partial charge in [0.25, 0.3) is 7.37 Å². The van der Waals surface area contributed by atoms with Gasteiger partial charge in [-0.3, -0.25) is 9.36 Å². The van der Waals surface area contributed by atoms with E-state index in [9.17, 15) is 9.36 Å². The van der Waals surface area contributed by atoms with Crippen molar-refractivity contribution in [1.29, 1.82) is 0 Å². The molecule has 0 N–H and O–H groups in total. The van der Waals surface area contributed by atoms with E-state index in [1.54, 1.807) is 12.1 Å². The molecule has 1 aliphatic carbocycles. The van der Waals surface area contributed by atoms with Crippen LogP contribution in [0.15, 0.2) is 30.3 Å². The third-order valence-electron chi connectivity index (χ3n) is 5.13. The van der Waals surface area contributed by atoms with Crippen LogP contribution < -0.4 is 5.30 Å². The lowest BCUT2D eigenvalue weighted by molar-refractivity contribution is -0.113. The smallest absolute Gasteiger partial charge is 0.296 e. The Morgan fingerprint density at radius 2 is 1.92 bits per heavy atom. The van der Waals surface area contributed by atoms with Gasteiger partial charge in [0.15, 0.2) is 0 Å². The maximum Gasteiger partial charge on any atom is 0.296 e. The molecule has 0 heterocycles. The number of rotatable bonds is 7. The highest BCUT2D eigenvalue weighted by atomic mass is 31.2. The second kappa shape index (κ2) is 8.45. The second-order valence-electron chi connectivity index (χ2n) is 7.50. The van der Waals surface area contributed by atoms with Gasteiger partial charge in [-0.05, 0) is 49.1 Å². The Morgan fingerprint density at radius 1 is 1.25 bits per heavy atom. The minimum absolute atomic E-state index is 0.0967. The summed E-state index contributed by atoms with van der Waals surface area (Å²) in [5, 5.41) is 0.546. The molecule has 2 rings (SSSR count). The number of carbonyl (C=O) groups is 1. The zero-order valence-corrected chi connectivity index (χ0v) is 16.3. The van der Waals surface area contributed by atoms with E-state index >= 15 is 0 Å². The van der Waals surface area contributed by atoms with Crippen LogP contribution in [-0.4, -0.2) is 11.6 Å². The minimum atomic E-state index is -3.49. The van der Waals surface area contributed by atoms with Gasteiger partial charge in [-0.1, -0.05) is 52.3 Å². The molecule has 1 aliphatic rings. The molecule has 0 radical (unpaired) electrons. The van der Waals surface area contributed by atoms with Gasteiger partial charge in [-0.2, -0.15) is 0 Å². The Bertz CT molecular complexity index is 582. The van der Waals surface area contributed by atoms with Crippen LogP contribution in [-0.2, 0) is 13.9 Å². The van der Waals surface area contributed by atoms with Crippen LogP contribution in [0.1, 0.15) is 59.8 Å². The average Bonchev–Trinajstić information content (AvgIpc) is 2.55. The lowest BCUT2D eigenvalue weighted by Crippen LogP contribution is -2.35. The standard InChI is InChI=1S/C20H31O3P/c1-5-9-20(21)24(22,17-10-7-6-8-11-17)23-19-14-16(4)12-13-18(19)15(2)3/h6-8,10-11,15-16,18-19H,5,9,12-14H2,1-4H3/t16-,18+,19-,24+/m1/s1. The first kappa shape index (κ1) is 19.4. The molecule has 1 aromatic rings. The molecule has 1 fully saturated rings. The van der Waals surface area contributed by atoms with Gasteiger partial charge in [0.1, 0.15) is 0 Å². The van der Waals surface area contributed by atoms with Crippen molar-refractivity contribution >= 4 is 18.2 Å². The lowest BCUT2D eigenvalue weighted by Gasteiger charge is -2.38. The monoisotopic (exact) mass is 350 g/mol. The maximum absolute atomic E-state index is 13.7. The largest absolute Gasteiger partial charge is 0.316 e. The van der Waals surface area contributed by atoms with Crippen LogP contribution >= 0.6 is 7.37 Å². The molecule has 0 bridgehead atoms. The first-order valence-electron chi connectivity index (χ1n) is 9.26. The molecule has 0 saturated heterocycles. The first-order chi connectivity index (χ1) is 11.4. The Hall–Kier alpha value is -0.920. The van der Waals surface area contributed by atoms with E-state index in [2.05, 4.69) is 20.8 Å². The average molecular weight is 350 g/mol. The fourth-order valence-corrected chi connectivity index (χ4v) is 5.91. The minimum Gasteiger partial charge on any atom is -0.316 e. The predicted molar refractivity (Wildman–Crippen MR) is 99.8 cm³/mol. The van der Waals surface area contributed by atoms with Gasteiger partial charge in [-0.15, -0.1) is 0 Å². The zero-order chi connectivity index (χ0) is 17.7. The summed E-state index contributed by atoms with van der Waals surface area (Å²) in [7, 11) is -3.49. The highest BCUT2D eigenvalue weighted by Gasteiger charge is 2.41. The topological polar surface area (TPSA) is 43.4 Å². The highest BCUT2D eigenvalue weighted by Crippen LogP contribution is 2.52. The van der Waals surface area contributed by atoms with Gasteiger partial charge in [-0.25, -0.2) is 0 Å². The van der Waals surface area contributed by atoms with E-state index in [1.165, 1.54) is 6.42 Å². The quantitative estimate of drug-likeness (QED) is 0.619. The molecule has 0 amide bonds. The van der Waals surface area contributed by atoms with E-state index in [1.807, 2.05) is 25.1 Å². The van der Waals surface area contributed by atoms with Crippen LogP contribution in [0.2, 0.25) is 0 Å². The molecule has 0 unspecified atom stereocenters. The SMILES string of the molecule is CCCC(=O)[P@@](=O)(O[C@@H]1C[C@H](C)CC[C@H]1C(C)C)c1ccccc1. The van der Waals surface area contributed by atoms with Gasteiger partial charge < -0.3 is 4.52 Å². The van der Waals surface area contributed by atoms with Crippen molar-refractivity contribution in [2.24, 2.45) is 17.8 Å². The lowest BCUT2D eigenvalue weighted by atomic mass is 9.75. The molecule has 1 saturated carbocycles. The Balaban J connectivity index is 2.33. The van der Waals surface area contributed by atoms with Crippen LogP contribution in [0.25, 0.3) is 0 Å². The van der Waals surface area contributed by atoms with Gasteiger partial charge in [0.2, 0.25) is 5.52 Å². The third kappa shape index (κ3) is 4.37. The Labute approximate surface area is 146 Å². The fraction of sp³-hybridized carbons (Fsp3) is 0.650. The molecule has 1 aromatic carbocycles. The molecule has 4 heteroatoms. The number of hydrogen-bond acceptors (Lipinski definition) is 3. The fourth-order valence-electron chi connectivity index (χ4n) is 3.68. The van der Waals surface area contributed by atoms with Crippen LogP contribution in [0, 0.1) is 17.8 Å². The van der Waals surface area contributed by atoms with E-state index in [0.717, 1.165) is 12.8 Å². The van der Waals surface area contributed by atoms with Gasteiger partial charge >= 0.3 is 0 Å². The van der Waals surface area contributed by atoms with E-state index in [-0.39, 0.29) is 11.6 Å². The highest BCUT2D eigenvalue weighted by molar-refractivity contribution is 7.82. The number of carbonyl (C=O) groups excluding carboxylic acids is 1. The summed E-state index contributed by atoms with van der Waals surface area (Å²) < 4.78 is 19.9. The number of hydrogen-bond donors (Lipinski definition) is 0. The summed E-state index contributed by atoms with van der Waals surface area (Å²) in [4.78, 5) is 12.7. The van der Waals surface area contributed by atoms with Crippen molar-refractivity contribution in [2.75, 3.05) is 0 Å². The van der Waals surface area contributed by atoms with Crippen molar-refractivity contribution in [1.82, 2.24) is 0 Å². The summed E-state index contributed by atoms with van der Waals surface area (Å²) in [5.41, 5.74) is -0.239. The van der Waals surface area contributed by atoms with Crippen molar-refractivity contribution in [2.45, 2.75) is 65.9 Å². The van der Waals surface area contributed by atoms with Gasteiger partial charge in [0, 0.05) is 11.7 Å². The first-order valence-corrected chi connectivity index (χ1v) is 10.9. The van der Waals surface area contributed by atoms with Crippen LogP contribution in [0.3, 0.4) is 0 Å². The van der Waals surface area contributed by atoms with Gasteiger partial charge in [0.05, 0.1) is 6.10 Å². The molecular weight excluding hydrogens is 319 g/mol. The van der Waals surface area contributed by atoms with Crippen LogP contribution in [0.4, 0.5) is 0 Å². The molecule has 3 nitrogen and oxygen atoms in total. The molecule has 0 aromatic heterocycles. The Morgan fingerprint density at radius 3 is 2.50 bits per heavy atom. The van der Waals surface area contributed by atoms with E-state index in [4.69, 9.17) is 4.52 Å². The van der Waals surface area contributed by atoms with Crippen molar-refractivity contribution in [3.8, 4) is 0 Å². The summed E-state index contributed by atoms with van der Waals surface area (Å²) in [5.74, 6) is 1.39. The maximum atomic E-state index is 13.7. The van der Waals surface area contributed by atoms with Crippen molar-refractivity contribution < 1.29 is 13.9 Å². The molecule has 24 heavy (non-hydrogen) atoms. The normalized spacial score (nSPS) is 27.0. The Kier molecular flexibility index (Phi) is 6.83. The zero-order valence-electron chi connectivity index (χ0n) is 15.4. The molecule has 4 atom stereocenters.